The van der Waals surface area contributed by atoms with Gasteiger partial charge in [0.15, 0.2) is 0 Å². The molecule has 2 aromatic rings. The first-order valence-corrected chi connectivity index (χ1v) is 4.65. The summed E-state index contributed by atoms with van der Waals surface area (Å²) < 4.78 is 1.74. The Morgan fingerprint density at radius 2 is 1.93 bits per heavy atom. The van der Waals surface area contributed by atoms with Gasteiger partial charge >= 0.3 is 0 Å². The lowest BCUT2D eigenvalue weighted by molar-refractivity contribution is 0.0711. The van der Waals surface area contributed by atoms with E-state index < -0.39 is 5.60 Å². The molecule has 0 aliphatic rings. The van der Waals surface area contributed by atoms with Crippen LogP contribution >= 0.6 is 0 Å². The molecule has 0 spiro atoms. The topological polar surface area (TPSA) is 38.0 Å². The van der Waals surface area contributed by atoms with Crippen molar-refractivity contribution in [3.63, 3.8) is 0 Å². The molecule has 0 amide bonds. The van der Waals surface area contributed by atoms with Gasteiger partial charge in [-0.1, -0.05) is 18.2 Å². The van der Waals surface area contributed by atoms with E-state index in [1.54, 1.807) is 18.5 Å². The Morgan fingerprint density at radius 1 is 1.29 bits per heavy atom. The summed E-state index contributed by atoms with van der Waals surface area (Å²) in [6, 6.07) is 7.84. The number of hydrogen-bond donors (Lipinski definition) is 1. The first-order valence-electron chi connectivity index (χ1n) is 4.65. The minimum Gasteiger partial charge on any atom is -0.384 e. The van der Waals surface area contributed by atoms with E-state index in [-0.39, 0.29) is 0 Å². The van der Waals surface area contributed by atoms with Gasteiger partial charge in [-0.2, -0.15) is 5.10 Å². The fourth-order valence-electron chi connectivity index (χ4n) is 1.87. The van der Waals surface area contributed by atoms with Crippen LogP contribution < -0.4 is 0 Å². The van der Waals surface area contributed by atoms with Gasteiger partial charge in [-0.15, -0.1) is 0 Å². The molecule has 0 saturated carbocycles. The van der Waals surface area contributed by atoms with E-state index in [4.69, 9.17) is 0 Å². The summed E-state index contributed by atoms with van der Waals surface area (Å²) in [7, 11) is 1.85. The summed E-state index contributed by atoms with van der Waals surface area (Å²) in [4.78, 5) is 0. The van der Waals surface area contributed by atoms with Crippen molar-refractivity contribution in [1.82, 2.24) is 9.78 Å². The van der Waals surface area contributed by atoms with Gasteiger partial charge in [0.25, 0.3) is 0 Å². The van der Waals surface area contributed by atoms with Crippen LogP contribution in [0.1, 0.15) is 19.5 Å². The highest BCUT2D eigenvalue weighted by Gasteiger charge is 2.23. The van der Waals surface area contributed by atoms with Crippen molar-refractivity contribution in [1.29, 1.82) is 0 Å². The average molecular weight is 190 g/mol. The molecule has 3 heteroatoms. The molecule has 0 fully saturated rings. The molecule has 3 nitrogen and oxygen atoms in total. The van der Waals surface area contributed by atoms with Gasteiger partial charge in [0.2, 0.25) is 0 Å². The molecule has 74 valence electrons. The van der Waals surface area contributed by atoms with Gasteiger partial charge in [0.1, 0.15) is 5.60 Å². The molecule has 0 saturated heterocycles. The Bertz CT molecular complexity index is 466. The summed E-state index contributed by atoms with van der Waals surface area (Å²) in [5.41, 5.74) is 0.922. The lowest BCUT2D eigenvalue weighted by Gasteiger charge is -2.17. The number of aromatic nitrogens is 2. The molecule has 0 bridgehead atoms. The second-order valence-electron chi connectivity index (χ2n) is 4.05. The van der Waals surface area contributed by atoms with E-state index in [0.29, 0.717) is 0 Å². The Labute approximate surface area is 83.0 Å². The van der Waals surface area contributed by atoms with Crippen molar-refractivity contribution in [2.45, 2.75) is 19.4 Å². The van der Waals surface area contributed by atoms with Crippen LogP contribution in [-0.2, 0) is 12.6 Å². The minimum absolute atomic E-state index is 0.855. The van der Waals surface area contributed by atoms with Crippen LogP contribution in [0.2, 0.25) is 0 Å². The molecule has 1 N–H and O–H groups in total. The second kappa shape index (κ2) is 2.82. The molecule has 1 aromatic carbocycles. The zero-order valence-electron chi connectivity index (χ0n) is 8.65. The standard InChI is InChI=1S/C11H14N2O/c1-11(2,14)10-8-6-4-5-7-9(8)12-13(10)3/h4-7,14H,1-3H3. The number of nitrogens with zero attached hydrogens (tertiary/aromatic N) is 2. The van der Waals surface area contributed by atoms with Gasteiger partial charge in [0.05, 0.1) is 11.2 Å². The summed E-state index contributed by atoms with van der Waals surface area (Å²) in [6.45, 7) is 3.55. The van der Waals surface area contributed by atoms with Gasteiger partial charge in [-0.25, -0.2) is 0 Å². The van der Waals surface area contributed by atoms with Crippen LogP contribution in [0.5, 0.6) is 0 Å². The predicted octanol–water partition coefficient (Wildman–Crippen LogP) is 1.80. The second-order valence-corrected chi connectivity index (χ2v) is 4.05. The molecule has 2 rings (SSSR count). The van der Waals surface area contributed by atoms with Gasteiger partial charge < -0.3 is 5.11 Å². The number of benzene rings is 1. The molecule has 0 atom stereocenters. The largest absolute Gasteiger partial charge is 0.384 e. The molecule has 1 heterocycles. The van der Waals surface area contributed by atoms with Gasteiger partial charge in [-0.05, 0) is 19.9 Å². The Kier molecular flexibility index (Phi) is 1.86. The maximum Gasteiger partial charge on any atom is 0.101 e. The monoisotopic (exact) mass is 190 g/mol. The Morgan fingerprint density at radius 3 is 2.57 bits per heavy atom. The number of fused-ring (bicyclic) bond motifs is 1. The lowest BCUT2D eigenvalue weighted by Crippen LogP contribution is -2.20. The maximum atomic E-state index is 10.00. The van der Waals surface area contributed by atoms with E-state index in [2.05, 4.69) is 5.10 Å². The molecular weight excluding hydrogens is 176 g/mol. The van der Waals surface area contributed by atoms with Crippen LogP contribution in [0.25, 0.3) is 10.9 Å². The number of aryl methyl sites for hydroxylation is 1. The highest BCUT2D eigenvalue weighted by atomic mass is 16.3. The average Bonchev–Trinajstić information content (AvgIpc) is 2.38. The van der Waals surface area contributed by atoms with Crippen LogP contribution in [0.3, 0.4) is 0 Å². The summed E-state index contributed by atoms with van der Waals surface area (Å²) in [5, 5.41) is 15.3. The molecule has 0 aliphatic heterocycles. The van der Waals surface area contributed by atoms with Crippen LogP contribution in [-0.4, -0.2) is 14.9 Å². The third-order valence-electron chi connectivity index (χ3n) is 2.32. The molecule has 0 radical (unpaired) electrons. The number of rotatable bonds is 1. The molecule has 1 aromatic heterocycles. The van der Waals surface area contributed by atoms with Gasteiger partial charge in [-0.3, -0.25) is 4.68 Å². The van der Waals surface area contributed by atoms with Crippen LogP contribution in [0, 0.1) is 0 Å². The Hall–Kier alpha value is -1.35. The number of aliphatic hydroxyl groups is 1. The highest BCUT2D eigenvalue weighted by Crippen LogP contribution is 2.27. The quantitative estimate of drug-likeness (QED) is 0.744. The summed E-state index contributed by atoms with van der Waals surface area (Å²) in [5.74, 6) is 0. The van der Waals surface area contributed by atoms with E-state index >= 15 is 0 Å². The zero-order chi connectivity index (χ0) is 10.3. The van der Waals surface area contributed by atoms with Crippen molar-refractivity contribution in [2.75, 3.05) is 0 Å². The minimum atomic E-state index is -0.856. The van der Waals surface area contributed by atoms with Gasteiger partial charge in [0, 0.05) is 12.4 Å². The fraction of sp³-hybridized carbons (Fsp3) is 0.364. The Balaban J connectivity index is 2.81. The molecular formula is C11H14N2O. The normalized spacial score (nSPS) is 12.3. The predicted molar refractivity (Wildman–Crippen MR) is 56.0 cm³/mol. The fourth-order valence-corrected chi connectivity index (χ4v) is 1.87. The summed E-state index contributed by atoms with van der Waals surface area (Å²) >= 11 is 0. The van der Waals surface area contributed by atoms with Crippen LogP contribution in [0.15, 0.2) is 24.3 Å². The summed E-state index contributed by atoms with van der Waals surface area (Å²) in [6.07, 6.45) is 0. The van der Waals surface area contributed by atoms with Crippen LogP contribution in [0.4, 0.5) is 0 Å². The number of hydrogen-bond acceptors (Lipinski definition) is 2. The lowest BCUT2D eigenvalue weighted by atomic mass is 10.0. The van der Waals surface area contributed by atoms with Crippen molar-refractivity contribution in [3.05, 3.63) is 30.0 Å². The van der Waals surface area contributed by atoms with Crippen molar-refractivity contribution in [2.24, 2.45) is 7.05 Å². The SMILES string of the molecule is Cn1nc2ccccc2c1C(C)(C)O. The van der Waals surface area contributed by atoms with Crippen molar-refractivity contribution >= 4 is 10.9 Å². The van der Waals surface area contributed by atoms with E-state index in [0.717, 1.165) is 16.6 Å². The van der Waals surface area contributed by atoms with Crippen molar-refractivity contribution < 1.29 is 5.11 Å². The highest BCUT2D eigenvalue weighted by molar-refractivity contribution is 5.82. The molecule has 0 unspecified atom stereocenters. The van der Waals surface area contributed by atoms with E-state index in [1.807, 2.05) is 31.3 Å². The first kappa shape index (κ1) is 9.21. The van der Waals surface area contributed by atoms with E-state index in [9.17, 15) is 5.11 Å². The van der Waals surface area contributed by atoms with Crippen molar-refractivity contribution in [3.8, 4) is 0 Å². The smallest absolute Gasteiger partial charge is 0.101 e. The van der Waals surface area contributed by atoms with E-state index in [1.165, 1.54) is 0 Å². The third-order valence-corrected chi connectivity index (χ3v) is 2.32. The molecule has 14 heavy (non-hydrogen) atoms. The molecule has 0 aliphatic carbocycles. The maximum absolute atomic E-state index is 10.00. The zero-order valence-corrected chi connectivity index (χ0v) is 8.65. The third kappa shape index (κ3) is 1.30. The first-order chi connectivity index (χ1) is 6.50.